The number of aryl methyl sites for hydroxylation is 2. The molecule has 0 fully saturated rings. The Morgan fingerprint density at radius 1 is 0.311 bits per heavy atom. The van der Waals surface area contributed by atoms with Gasteiger partial charge in [-0.3, -0.25) is 0 Å². The molecule has 5 rings (SSSR count). The molecule has 0 unspecified atom stereocenters. The van der Waals surface area contributed by atoms with Crippen LogP contribution in [0.4, 0.5) is 39.5 Å². The van der Waals surface area contributed by atoms with Crippen LogP contribution < -0.4 is 17.6 Å². The summed E-state index contributed by atoms with van der Waals surface area (Å²) < 4.78 is 127. The van der Waals surface area contributed by atoms with Crippen molar-refractivity contribution in [3.63, 3.8) is 0 Å². The number of hydrogen-bond donors (Lipinski definition) is 0. The van der Waals surface area contributed by atoms with Gasteiger partial charge in [-0.15, -0.1) is 0 Å². The SMILES string of the molecule is Cc1cc[c]([Sb]([c]2ccc(C)cc2)([c]2ccc(C(F)(F)F)cc2)([c]2ccc(C(F)(F)F)cc2)[c]2ccc(C(F)(F)F)cc2)cc1. The molecule has 0 aromatic heterocycles. The fourth-order valence-electron chi connectivity index (χ4n) is 6.02. The molecule has 0 radical (unpaired) electrons. The zero-order valence-corrected chi connectivity index (χ0v) is 26.4. The minimum absolute atomic E-state index is 0.378. The summed E-state index contributed by atoms with van der Waals surface area (Å²) in [6.45, 7) is 3.65. The third kappa shape index (κ3) is 5.43. The molecule has 0 spiro atoms. The van der Waals surface area contributed by atoms with E-state index in [1.807, 2.05) is 13.8 Å². The van der Waals surface area contributed by atoms with Gasteiger partial charge in [0.05, 0.1) is 0 Å². The standard InChI is InChI=1S/3C7H4F3.2C7H7.Sb/c3*8-7(9,10)6-4-2-1-3-5-6;2*1-7-5-3-2-4-6-7;/h3*2-5H;2*3-6H,1H3;. The second kappa shape index (κ2) is 11.3. The van der Waals surface area contributed by atoms with Crippen molar-refractivity contribution in [2.45, 2.75) is 32.4 Å². The first-order valence-electron chi connectivity index (χ1n) is 13.7. The second-order valence-corrected chi connectivity index (χ2v) is 24.7. The Labute approximate surface area is 255 Å². The Bertz CT molecular complexity index is 1590. The summed E-state index contributed by atoms with van der Waals surface area (Å²) in [5.74, 6) is 0. The Morgan fingerprint density at radius 3 is 0.667 bits per heavy atom. The Kier molecular flexibility index (Phi) is 8.18. The molecule has 0 aliphatic heterocycles. The van der Waals surface area contributed by atoms with Crippen LogP contribution in [0.3, 0.4) is 0 Å². The van der Waals surface area contributed by atoms with E-state index in [4.69, 9.17) is 0 Å². The average Bonchev–Trinajstić information content (AvgIpc) is 2.99. The summed E-state index contributed by atoms with van der Waals surface area (Å²) in [5.41, 5.74) is -1.14. The first-order chi connectivity index (χ1) is 21.0. The molecule has 10 heteroatoms. The average molecular weight is 739 g/mol. The molecule has 0 nitrogen and oxygen atoms in total. The molecule has 234 valence electrons. The number of halogens is 9. The Hall–Kier alpha value is -3.71. The molecule has 5 aromatic rings. The van der Waals surface area contributed by atoms with Crippen molar-refractivity contribution >= 4 is 34.9 Å². The van der Waals surface area contributed by atoms with Crippen LogP contribution in [0, 0.1) is 13.8 Å². The number of alkyl halides is 9. The van der Waals surface area contributed by atoms with Crippen LogP contribution >= 0.6 is 0 Å². The van der Waals surface area contributed by atoms with E-state index in [1.165, 1.54) is 36.4 Å². The summed E-state index contributed by atoms with van der Waals surface area (Å²) in [5, 5.41) is 0. The second-order valence-electron chi connectivity index (χ2n) is 10.9. The predicted octanol–water partition coefficient (Wildman–Crippen LogP) is 7.60. The molecule has 45 heavy (non-hydrogen) atoms. The Balaban J connectivity index is 2.08. The van der Waals surface area contributed by atoms with E-state index >= 15 is 0 Å². The van der Waals surface area contributed by atoms with Gasteiger partial charge < -0.3 is 0 Å². The first-order valence-corrected chi connectivity index (χ1v) is 20.1. The van der Waals surface area contributed by atoms with E-state index in [2.05, 4.69) is 0 Å². The van der Waals surface area contributed by atoms with Crippen molar-refractivity contribution in [2.75, 3.05) is 0 Å². The molecular formula is C35H26F9Sb. The Morgan fingerprint density at radius 2 is 0.489 bits per heavy atom. The topological polar surface area (TPSA) is 0 Å². The van der Waals surface area contributed by atoms with Crippen molar-refractivity contribution in [3.05, 3.63) is 149 Å². The van der Waals surface area contributed by atoms with Gasteiger partial charge in [0.25, 0.3) is 0 Å². The third-order valence-corrected chi connectivity index (χ3v) is 27.2. The molecule has 0 amide bonds. The van der Waals surface area contributed by atoms with Crippen molar-refractivity contribution < 1.29 is 39.5 Å². The maximum absolute atomic E-state index is 13.8. The normalized spacial score (nSPS) is 13.7. The van der Waals surface area contributed by atoms with Gasteiger partial charge in [0, 0.05) is 0 Å². The van der Waals surface area contributed by atoms with Crippen molar-refractivity contribution in [1.82, 2.24) is 0 Å². The maximum atomic E-state index is 13.8. The molecule has 0 bridgehead atoms. The third-order valence-electron chi connectivity index (χ3n) is 8.23. The molecule has 0 saturated heterocycles. The van der Waals surface area contributed by atoms with Crippen LogP contribution in [-0.4, -0.2) is 17.4 Å². The van der Waals surface area contributed by atoms with Crippen LogP contribution in [-0.2, 0) is 18.5 Å². The minimum atomic E-state index is -5.95. The van der Waals surface area contributed by atoms with Gasteiger partial charge in [-0.25, -0.2) is 0 Å². The van der Waals surface area contributed by atoms with Crippen molar-refractivity contribution in [2.24, 2.45) is 0 Å². The summed E-state index contributed by atoms with van der Waals surface area (Å²) in [6, 6.07) is 27.7. The monoisotopic (exact) mass is 738 g/mol. The van der Waals surface area contributed by atoms with Gasteiger partial charge in [0.1, 0.15) is 0 Å². The van der Waals surface area contributed by atoms with Crippen molar-refractivity contribution in [3.8, 4) is 0 Å². The number of benzene rings is 5. The van der Waals surface area contributed by atoms with Gasteiger partial charge in [-0.2, -0.15) is 0 Å². The van der Waals surface area contributed by atoms with E-state index in [0.717, 1.165) is 47.5 Å². The molecule has 0 N–H and O–H groups in total. The van der Waals surface area contributed by atoms with Crippen LogP contribution in [0.5, 0.6) is 0 Å². The van der Waals surface area contributed by atoms with E-state index in [-0.39, 0.29) is 0 Å². The molecule has 0 heterocycles. The molecule has 0 aliphatic rings. The number of rotatable bonds is 5. The predicted molar refractivity (Wildman–Crippen MR) is 161 cm³/mol. The van der Waals surface area contributed by atoms with Gasteiger partial charge in [0.2, 0.25) is 0 Å². The molecule has 0 atom stereocenters. The van der Waals surface area contributed by atoms with E-state index in [9.17, 15) is 39.5 Å². The molecular weight excluding hydrogens is 713 g/mol. The van der Waals surface area contributed by atoms with Gasteiger partial charge >= 0.3 is 256 Å². The quantitative estimate of drug-likeness (QED) is 0.129. The molecule has 5 aromatic carbocycles. The fraction of sp³-hybridized carbons (Fsp3) is 0.143. The van der Waals surface area contributed by atoms with Gasteiger partial charge in [-0.05, 0) is 0 Å². The van der Waals surface area contributed by atoms with E-state index in [0.29, 0.717) is 17.6 Å². The van der Waals surface area contributed by atoms with Gasteiger partial charge in [-0.1, -0.05) is 0 Å². The zero-order chi connectivity index (χ0) is 32.9. The van der Waals surface area contributed by atoms with Crippen LogP contribution in [0.1, 0.15) is 27.8 Å². The summed E-state index contributed by atoms with van der Waals surface area (Å²) in [7, 11) is 0. The molecule has 0 aliphatic carbocycles. The molecule has 0 saturated carbocycles. The summed E-state index contributed by atoms with van der Waals surface area (Å²) >= 11 is -5.95. The van der Waals surface area contributed by atoms with E-state index in [1.54, 1.807) is 48.5 Å². The fourth-order valence-corrected chi connectivity index (χ4v) is 25.2. The van der Waals surface area contributed by atoms with E-state index < -0.39 is 52.6 Å². The summed E-state index contributed by atoms with van der Waals surface area (Å²) in [6.07, 6.45) is -14.0. The number of hydrogen-bond acceptors (Lipinski definition) is 0. The van der Waals surface area contributed by atoms with Crippen LogP contribution in [0.25, 0.3) is 0 Å². The summed E-state index contributed by atoms with van der Waals surface area (Å²) in [4.78, 5) is 0. The zero-order valence-electron chi connectivity index (χ0n) is 23.9. The van der Waals surface area contributed by atoms with Gasteiger partial charge in [0.15, 0.2) is 0 Å². The van der Waals surface area contributed by atoms with Crippen LogP contribution in [0.2, 0.25) is 0 Å². The first kappa shape index (κ1) is 32.7. The van der Waals surface area contributed by atoms with Crippen LogP contribution in [0.15, 0.2) is 121 Å². The van der Waals surface area contributed by atoms with Crippen molar-refractivity contribution in [1.29, 1.82) is 0 Å².